The van der Waals surface area contributed by atoms with Crippen molar-refractivity contribution < 1.29 is 23.5 Å². The van der Waals surface area contributed by atoms with Gasteiger partial charge in [0.25, 0.3) is 11.8 Å². The molecule has 0 spiro atoms. The molecule has 0 bridgehead atoms. The molecule has 3 amide bonds. The first-order valence-electron chi connectivity index (χ1n) is 16.5. The van der Waals surface area contributed by atoms with Gasteiger partial charge in [-0.05, 0) is 98.3 Å². The first-order valence-corrected chi connectivity index (χ1v) is 18.2. The number of ether oxygens (including phenoxy) is 1. The zero-order chi connectivity index (χ0) is 35.9. The Labute approximate surface area is 304 Å². The van der Waals surface area contributed by atoms with Crippen LogP contribution in [0, 0.1) is 17.2 Å². The van der Waals surface area contributed by atoms with Crippen LogP contribution < -0.4 is 20.7 Å². The van der Waals surface area contributed by atoms with Crippen LogP contribution in [-0.2, 0) is 22.4 Å². The van der Waals surface area contributed by atoms with Crippen LogP contribution in [0.1, 0.15) is 52.4 Å². The van der Waals surface area contributed by atoms with E-state index in [1.165, 1.54) is 34.1 Å². The normalized spacial score (nSPS) is 14.5. The van der Waals surface area contributed by atoms with Gasteiger partial charge in [0.2, 0.25) is 5.91 Å². The van der Waals surface area contributed by atoms with Gasteiger partial charge in [-0.15, -0.1) is 23.1 Å². The first kappa shape index (κ1) is 35.3. The lowest BCUT2D eigenvalue weighted by atomic mass is 9.89. The summed E-state index contributed by atoms with van der Waals surface area (Å²) in [7, 11) is 1.58. The van der Waals surface area contributed by atoms with Crippen molar-refractivity contribution in [1.29, 1.82) is 5.26 Å². The van der Waals surface area contributed by atoms with Gasteiger partial charge in [-0.25, -0.2) is 0 Å². The minimum atomic E-state index is -0.552. The van der Waals surface area contributed by atoms with Gasteiger partial charge in [-0.3, -0.25) is 14.4 Å². The van der Waals surface area contributed by atoms with Crippen LogP contribution in [0.2, 0.25) is 0 Å². The van der Waals surface area contributed by atoms with Gasteiger partial charge in [0.05, 0.1) is 23.5 Å². The second kappa shape index (κ2) is 16.0. The van der Waals surface area contributed by atoms with E-state index in [2.05, 4.69) is 28.9 Å². The number of amides is 3. The number of benzene rings is 3. The SMILES string of the molecule is COc1ccccc1-c1ccc(/C=C(/NC(=O)c2ccccc2)C(=O)Nc2ccc(S[C@@H](C)C(=O)Nc3sc4c(c3C#N)CC[C@@H](C)C4)cc2)o1. The van der Waals surface area contributed by atoms with Crippen molar-refractivity contribution in [3.05, 3.63) is 124 Å². The van der Waals surface area contributed by atoms with Crippen molar-refractivity contribution in [3.63, 3.8) is 0 Å². The van der Waals surface area contributed by atoms with Crippen LogP contribution in [0.4, 0.5) is 10.7 Å². The highest BCUT2D eigenvalue weighted by Crippen LogP contribution is 2.40. The van der Waals surface area contributed by atoms with Crippen LogP contribution in [0.15, 0.2) is 106 Å². The van der Waals surface area contributed by atoms with Gasteiger partial charge in [-0.2, -0.15) is 5.26 Å². The fourth-order valence-corrected chi connectivity index (χ4v) is 7.98. The molecule has 0 saturated heterocycles. The Bertz CT molecular complexity index is 2130. The molecule has 9 nitrogen and oxygen atoms in total. The summed E-state index contributed by atoms with van der Waals surface area (Å²) in [5, 5.41) is 18.6. The average Bonchev–Trinajstić information content (AvgIpc) is 3.75. The zero-order valence-corrected chi connectivity index (χ0v) is 30.0. The Hall–Kier alpha value is -5.57. The molecule has 258 valence electrons. The molecular weight excluding hydrogens is 681 g/mol. The summed E-state index contributed by atoms with van der Waals surface area (Å²) in [5.41, 5.74) is 3.28. The Morgan fingerprint density at radius 2 is 1.75 bits per heavy atom. The summed E-state index contributed by atoms with van der Waals surface area (Å²) in [4.78, 5) is 41.9. The van der Waals surface area contributed by atoms with Gasteiger partial charge >= 0.3 is 0 Å². The molecule has 11 heteroatoms. The van der Waals surface area contributed by atoms with E-state index in [0.29, 0.717) is 45.0 Å². The number of methoxy groups -OCH3 is 1. The summed E-state index contributed by atoms with van der Waals surface area (Å²) in [6.07, 6.45) is 4.32. The van der Waals surface area contributed by atoms with Crippen LogP contribution in [0.25, 0.3) is 17.4 Å². The number of thioether (sulfide) groups is 1. The van der Waals surface area contributed by atoms with Crippen LogP contribution in [0.5, 0.6) is 5.75 Å². The largest absolute Gasteiger partial charge is 0.496 e. The van der Waals surface area contributed by atoms with Crippen molar-refractivity contribution in [2.45, 2.75) is 43.3 Å². The number of para-hydroxylation sites is 1. The lowest BCUT2D eigenvalue weighted by Crippen LogP contribution is -2.30. The molecule has 51 heavy (non-hydrogen) atoms. The van der Waals surface area contributed by atoms with Gasteiger partial charge in [0.1, 0.15) is 34.0 Å². The van der Waals surface area contributed by atoms with Crippen LogP contribution in [0.3, 0.4) is 0 Å². The van der Waals surface area contributed by atoms with Gasteiger partial charge < -0.3 is 25.1 Å². The molecule has 5 aromatic rings. The maximum absolute atomic E-state index is 13.6. The van der Waals surface area contributed by atoms with E-state index in [-0.39, 0.29) is 11.6 Å². The van der Waals surface area contributed by atoms with Crippen LogP contribution in [-0.4, -0.2) is 30.1 Å². The van der Waals surface area contributed by atoms with E-state index in [9.17, 15) is 19.6 Å². The standard InChI is InChI=1S/C40H36N4O5S2/c1-24-13-19-30-32(23-41)40(51-36(30)21-24)44-37(45)25(2)50-29-17-14-27(15-18-29)42-39(47)33(43-38(46)26-9-5-4-6-10-26)22-28-16-20-35(49-28)31-11-7-8-12-34(31)48-3/h4-12,14-18,20,22,24-25H,13,19,21H2,1-3H3,(H,42,47)(H,43,46)(H,44,45)/b33-22+/t24-,25+/m1/s1. The minimum Gasteiger partial charge on any atom is -0.496 e. The van der Waals surface area contributed by atoms with Crippen molar-refractivity contribution in [3.8, 4) is 23.1 Å². The van der Waals surface area contributed by atoms with E-state index in [1.54, 1.807) is 61.7 Å². The molecule has 0 unspecified atom stereocenters. The number of thiophene rings is 1. The number of carbonyl (C=O) groups excluding carboxylic acids is 3. The number of hydrogen-bond acceptors (Lipinski definition) is 8. The number of nitriles is 1. The lowest BCUT2D eigenvalue weighted by molar-refractivity contribution is -0.115. The summed E-state index contributed by atoms with van der Waals surface area (Å²) in [6.45, 7) is 4.03. The number of carbonyl (C=O) groups is 3. The fourth-order valence-electron chi connectivity index (χ4n) is 5.75. The molecule has 3 N–H and O–H groups in total. The van der Waals surface area contributed by atoms with E-state index >= 15 is 0 Å². The Morgan fingerprint density at radius 1 is 1.00 bits per heavy atom. The van der Waals surface area contributed by atoms with Crippen molar-refractivity contribution in [2.24, 2.45) is 5.92 Å². The number of rotatable bonds is 11. The smallest absolute Gasteiger partial charge is 0.272 e. The third-order valence-corrected chi connectivity index (χ3v) is 10.8. The molecule has 1 aliphatic carbocycles. The molecule has 0 radical (unpaired) electrons. The van der Waals surface area contributed by atoms with Crippen LogP contribution >= 0.6 is 23.1 Å². The van der Waals surface area contributed by atoms with E-state index in [4.69, 9.17) is 9.15 Å². The molecule has 2 atom stereocenters. The van der Waals surface area contributed by atoms with Gasteiger partial charge in [0, 0.05) is 27.1 Å². The predicted octanol–water partition coefficient (Wildman–Crippen LogP) is 8.54. The predicted molar refractivity (Wildman–Crippen MR) is 202 cm³/mol. The molecular formula is C40H36N4O5S2. The van der Waals surface area contributed by atoms with E-state index in [0.717, 1.165) is 35.3 Å². The second-order valence-corrected chi connectivity index (χ2v) is 14.7. The van der Waals surface area contributed by atoms with Gasteiger partial charge in [-0.1, -0.05) is 37.3 Å². The highest BCUT2D eigenvalue weighted by molar-refractivity contribution is 8.00. The minimum absolute atomic E-state index is 0.0185. The second-order valence-electron chi connectivity index (χ2n) is 12.2. The molecule has 0 aliphatic heterocycles. The Kier molecular flexibility index (Phi) is 11.0. The summed E-state index contributed by atoms with van der Waals surface area (Å²) >= 11 is 2.88. The highest BCUT2D eigenvalue weighted by Gasteiger charge is 2.26. The number of anilines is 2. The average molecular weight is 717 g/mol. The van der Waals surface area contributed by atoms with E-state index < -0.39 is 17.1 Å². The fraction of sp³-hybridized carbons (Fsp3) is 0.200. The number of hydrogen-bond donors (Lipinski definition) is 3. The van der Waals surface area contributed by atoms with Crippen molar-refractivity contribution in [1.82, 2.24) is 5.32 Å². The van der Waals surface area contributed by atoms with Crippen molar-refractivity contribution >= 4 is 57.6 Å². The topological polar surface area (TPSA) is 133 Å². The molecule has 2 heterocycles. The Balaban J connectivity index is 1.14. The quantitative estimate of drug-likeness (QED) is 0.0922. The number of fused-ring (bicyclic) bond motifs is 1. The molecule has 0 fully saturated rings. The Morgan fingerprint density at radius 3 is 2.49 bits per heavy atom. The summed E-state index contributed by atoms with van der Waals surface area (Å²) in [5.74, 6) is 0.912. The molecule has 0 saturated carbocycles. The lowest BCUT2D eigenvalue weighted by Gasteiger charge is -2.17. The monoisotopic (exact) mass is 716 g/mol. The number of nitrogens with one attached hydrogen (secondary N) is 3. The molecule has 3 aromatic carbocycles. The summed E-state index contributed by atoms with van der Waals surface area (Å²) < 4.78 is 11.5. The third-order valence-electron chi connectivity index (χ3n) is 8.47. The maximum Gasteiger partial charge on any atom is 0.272 e. The molecule has 2 aromatic heterocycles. The zero-order valence-electron chi connectivity index (χ0n) is 28.3. The number of furan rings is 1. The molecule has 6 rings (SSSR count). The molecule has 1 aliphatic rings. The van der Waals surface area contributed by atoms with Gasteiger partial charge in [0.15, 0.2) is 0 Å². The summed E-state index contributed by atoms with van der Waals surface area (Å²) in [6, 6.07) is 28.9. The maximum atomic E-state index is 13.6. The van der Waals surface area contributed by atoms with Crippen molar-refractivity contribution in [2.75, 3.05) is 17.7 Å². The first-order chi connectivity index (χ1) is 24.7. The number of nitrogens with zero attached hydrogens (tertiary/aromatic N) is 1. The van der Waals surface area contributed by atoms with E-state index in [1.807, 2.05) is 43.3 Å². The highest BCUT2D eigenvalue weighted by atomic mass is 32.2. The third kappa shape index (κ3) is 8.43.